The topological polar surface area (TPSA) is 53.9 Å². The first-order valence-corrected chi connectivity index (χ1v) is 7.45. The Kier molecular flexibility index (Phi) is 7.21. The van der Waals surface area contributed by atoms with Gasteiger partial charge < -0.3 is 9.64 Å². The summed E-state index contributed by atoms with van der Waals surface area (Å²) in [5.41, 5.74) is 1.87. The molecule has 0 fully saturated rings. The summed E-state index contributed by atoms with van der Waals surface area (Å²) < 4.78 is 45.4. The van der Waals surface area contributed by atoms with Gasteiger partial charge in [-0.3, -0.25) is 4.79 Å². The molecule has 0 aliphatic heterocycles. The second-order valence-electron chi connectivity index (χ2n) is 5.34. The molecular weight excluding hydrogens is 323 g/mol. The summed E-state index contributed by atoms with van der Waals surface area (Å²) in [5.74, 6) is 0. The van der Waals surface area contributed by atoms with Gasteiger partial charge in [0.1, 0.15) is 0 Å². The van der Waals surface area contributed by atoms with Crippen LogP contribution in [0.4, 0.5) is 18.9 Å². The van der Waals surface area contributed by atoms with E-state index in [-0.39, 0.29) is 29.6 Å². The van der Waals surface area contributed by atoms with Crippen LogP contribution in [0.15, 0.2) is 23.3 Å². The highest BCUT2D eigenvalue weighted by atomic mass is 19.4. The van der Waals surface area contributed by atoms with Crippen molar-refractivity contribution >= 4 is 17.8 Å². The van der Waals surface area contributed by atoms with Crippen LogP contribution in [0.3, 0.4) is 0 Å². The molecule has 1 aromatic carbocycles. The fourth-order valence-electron chi connectivity index (χ4n) is 2.18. The van der Waals surface area contributed by atoms with E-state index in [0.717, 1.165) is 12.5 Å². The second-order valence-corrected chi connectivity index (χ2v) is 5.34. The van der Waals surface area contributed by atoms with Gasteiger partial charge in [-0.2, -0.15) is 18.3 Å². The van der Waals surface area contributed by atoms with Crippen LogP contribution in [0.25, 0.3) is 0 Å². The van der Waals surface area contributed by atoms with Gasteiger partial charge in [-0.1, -0.05) is 13.0 Å². The molecular formula is C16H22F3N3O2. The Morgan fingerprint density at radius 3 is 2.62 bits per heavy atom. The Bertz CT molecular complexity index is 588. The van der Waals surface area contributed by atoms with Crippen molar-refractivity contribution in [2.24, 2.45) is 5.10 Å². The number of rotatable bonds is 8. The number of alkyl halides is 3. The average Bonchev–Trinajstić information content (AvgIpc) is 2.55. The number of ether oxygens (including phenoxy) is 1. The first kappa shape index (κ1) is 20.0. The Labute approximate surface area is 139 Å². The molecule has 134 valence electrons. The monoisotopic (exact) mass is 345 g/mol. The molecule has 24 heavy (non-hydrogen) atoms. The van der Waals surface area contributed by atoms with Crippen molar-refractivity contribution in [1.29, 1.82) is 0 Å². The van der Waals surface area contributed by atoms with E-state index in [2.05, 4.69) is 10.5 Å². The van der Waals surface area contributed by atoms with Crippen LogP contribution in [0, 0.1) is 0 Å². The van der Waals surface area contributed by atoms with Crippen molar-refractivity contribution in [3.05, 3.63) is 29.3 Å². The molecule has 8 heteroatoms. The van der Waals surface area contributed by atoms with E-state index in [4.69, 9.17) is 4.74 Å². The van der Waals surface area contributed by atoms with Crippen molar-refractivity contribution in [2.75, 3.05) is 25.7 Å². The van der Waals surface area contributed by atoms with E-state index in [9.17, 15) is 18.0 Å². The summed E-state index contributed by atoms with van der Waals surface area (Å²) in [6.45, 7) is 3.75. The summed E-state index contributed by atoms with van der Waals surface area (Å²) in [5, 5.41) is 3.74. The van der Waals surface area contributed by atoms with E-state index < -0.39 is 11.7 Å². The van der Waals surface area contributed by atoms with E-state index in [1.54, 1.807) is 11.9 Å². The Morgan fingerprint density at radius 2 is 2.12 bits per heavy atom. The third-order valence-corrected chi connectivity index (χ3v) is 3.80. The number of halogens is 3. The molecule has 0 aromatic heterocycles. The minimum absolute atomic E-state index is 0.0291. The van der Waals surface area contributed by atoms with Gasteiger partial charge in [0.2, 0.25) is 6.41 Å². The first-order chi connectivity index (χ1) is 11.3. The van der Waals surface area contributed by atoms with E-state index in [0.29, 0.717) is 6.41 Å². The molecule has 0 saturated carbocycles. The van der Waals surface area contributed by atoms with Crippen LogP contribution in [-0.4, -0.2) is 38.9 Å². The molecule has 1 rings (SSSR count). The molecule has 0 radical (unpaired) electrons. The third kappa shape index (κ3) is 4.95. The van der Waals surface area contributed by atoms with Gasteiger partial charge in [-0.25, -0.2) is 5.43 Å². The molecule has 1 aromatic rings. The molecule has 0 aliphatic carbocycles. The molecule has 1 N–H and O–H groups in total. The highest BCUT2D eigenvalue weighted by molar-refractivity contribution is 6.02. The number of hydrazone groups is 1. The van der Waals surface area contributed by atoms with Crippen molar-refractivity contribution in [2.45, 2.75) is 32.5 Å². The van der Waals surface area contributed by atoms with Crippen molar-refractivity contribution in [3.8, 4) is 0 Å². The van der Waals surface area contributed by atoms with Crippen LogP contribution >= 0.6 is 0 Å². The third-order valence-electron chi connectivity index (χ3n) is 3.80. The smallest absolute Gasteiger partial charge is 0.378 e. The van der Waals surface area contributed by atoms with Gasteiger partial charge in [-0.15, -0.1) is 0 Å². The molecule has 0 saturated heterocycles. The van der Waals surface area contributed by atoms with Crippen LogP contribution < -0.4 is 10.3 Å². The minimum Gasteiger partial charge on any atom is -0.378 e. The zero-order chi connectivity index (χ0) is 18.3. The quantitative estimate of drug-likeness (QED) is 0.448. The predicted molar refractivity (Wildman–Crippen MR) is 87.2 cm³/mol. The van der Waals surface area contributed by atoms with Gasteiger partial charge in [0, 0.05) is 31.5 Å². The van der Waals surface area contributed by atoms with Crippen molar-refractivity contribution in [3.63, 3.8) is 0 Å². The summed E-state index contributed by atoms with van der Waals surface area (Å²) in [7, 11) is 3.03. The van der Waals surface area contributed by atoms with Crippen molar-refractivity contribution < 1.29 is 22.7 Å². The predicted octanol–water partition coefficient (Wildman–Crippen LogP) is 3.04. The molecule has 1 atom stereocenters. The molecule has 0 bridgehead atoms. The lowest BCUT2D eigenvalue weighted by molar-refractivity contribution is -0.137. The Balaban J connectivity index is 3.40. The molecule has 5 nitrogen and oxygen atoms in total. The summed E-state index contributed by atoms with van der Waals surface area (Å²) in [6.07, 6.45) is -3.45. The maximum Gasteiger partial charge on any atom is 0.418 e. The lowest BCUT2D eigenvalue weighted by Gasteiger charge is -2.29. The van der Waals surface area contributed by atoms with Crippen LogP contribution in [0.5, 0.6) is 0 Å². The number of hydrogen-bond donors (Lipinski definition) is 1. The standard InChI is InChI=1S/C16H22F3N3O2/c1-5-11(2)22(3)15-7-6-12(8-13(15)16(17,18)19)14(9-24-4)21-20-10-23/h6-8,10-11H,5,9H2,1-4H3,(H,20,23)/b21-14+. The maximum atomic E-state index is 13.5. The molecule has 0 heterocycles. The Hall–Kier alpha value is -2.09. The molecule has 1 unspecified atom stereocenters. The highest BCUT2D eigenvalue weighted by Gasteiger charge is 2.35. The summed E-state index contributed by atoms with van der Waals surface area (Å²) in [4.78, 5) is 12.0. The second kappa shape index (κ2) is 8.68. The normalized spacial score (nSPS) is 13.5. The zero-order valence-corrected chi connectivity index (χ0v) is 14.1. The number of anilines is 1. The largest absolute Gasteiger partial charge is 0.418 e. The lowest BCUT2D eigenvalue weighted by Crippen LogP contribution is -2.30. The van der Waals surface area contributed by atoms with E-state index in [1.807, 2.05) is 13.8 Å². The maximum absolute atomic E-state index is 13.5. The zero-order valence-electron chi connectivity index (χ0n) is 14.1. The first-order valence-electron chi connectivity index (χ1n) is 7.45. The number of amides is 1. The number of nitrogens with zero attached hydrogens (tertiary/aromatic N) is 2. The number of carbonyl (C=O) groups excluding carboxylic acids is 1. The number of benzene rings is 1. The van der Waals surface area contributed by atoms with Gasteiger partial charge in [0.15, 0.2) is 0 Å². The molecule has 0 spiro atoms. The van der Waals surface area contributed by atoms with Gasteiger partial charge >= 0.3 is 6.18 Å². The number of nitrogens with one attached hydrogen (secondary N) is 1. The molecule has 0 aliphatic rings. The summed E-state index contributed by atoms with van der Waals surface area (Å²) in [6, 6.07) is 3.93. The average molecular weight is 345 g/mol. The van der Waals surface area contributed by atoms with Crippen LogP contribution in [-0.2, 0) is 15.7 Å². The number of methoxy groups -OCH3 is 1. The molecule has 1 amide bonds. The van der Waals surface area contributed by atoms with Gasteiger partial charge in [0.05, 0.1) is 17.9 Å². The fraction of sp³-hybridized carbons (Fsp3) is 0.500. The van der Waals surface area contributed by atoms with Crippen molar-refractivity contribution in [1.82, 2.24) is 5.43 Å². The number of hydrogen-bond acceptors (Lipinski definition) is 4. The lowest BCUT2D eigenvalue weighted by atomic mass is 10.0. The number of carbonyl (C=O) groups is 1. The summed E-state index contributed by atoms with van der Waals surface area (Å²) >= 11 is 0. The van der Waals surface area contributed by atoms with Crippen LogP contribution in [0.2, 0.25) is 0 Å². The Morgan fingerprint density at radius 1 is 1.46 bits per heavy atom. The van der Waals surface area contributed by atoms with E-state index in [1.165, 1.54) is 19.2 Å². The van der Waals surface area contributed by atoms with Crippen LogP contribution in [0.1, 0.15) is 31.4 Å². The van der Waals surface area contributed by atoms with Gasteiger partial charge in [-0.05, 0) is 25.5 Å². The van der Waals surface area contributed by atoms with E-state index >= 15 is 0 Å². The minimum atomic E-state index is -4.51. The van der Waals surface area contributed by atoms with Gasteiger partial charge in [0.25, 0.3) is 0 Å². The SMILES string of the molecule is CCC(C)N(C)c1ccc(/C(COC)=N/NC=O)cc1C(F)(F)F. The highest BCUT2D eigenvalue weighted by Crippen LogP contribution is 2.37. The fourth-order valence-corrected chi connectivity index (χ4v) is 2.18.